The first-order valence-electron chi connectivity index (χ1n) is 8.19. The Hall–Kier alpha value is -1.52. The zero-order valence-electron chi connectivity index (χ0n) is 13.1. The summed E-state index contributed by atoms with van der Waals surface area (Å²) in [6.45, 7) is 2.28. The van der Waals surface area contributed by atoms with Crippen LogP contribution in [-0.2, 0) is 4.79 Å². The van der Waals surface area contributed by atoms with Crippen molar-refractivity contribution in [3.05, 3.63) is 11.6 Å². The molecule has 0 heterocycles. The first kappa shape index (κ1) is 15.9. The van der Waals surface area contributed by atoms with Gasteiger partial charge in [0, 0.05) is 32.6 Å². The summed E-state index contributed by atoms with van der Waals surface area (Å²) >= 11 is 0. The predicted octanol–water partition coefficient (Wildman–Crippen LogP) is 1.57. The van der Waals surface area contributed by atoms with E-state index in [0.717, 1.165) is 31.8 Å². The van der Waals surface area contributed by atoms with Crippen LogP contribution in [0, 0.1) is 5.92 Å². The lowest BCUT2D eigenvalue weighted by Crippen LogP contribution is -2.42. The van der Waals surface area contributed by atoms with Crippen LogP contribution >= 0.6 is 0 Å². The summed E-state index contributed by atoms with van der Waals surface area (Å²) in [5.41, 5.74) is 1.57. The molecule has 118 valence electrons. The van der Waals surface area contributed by atoms with Crippen molar-refractivity contribution in [2.45, 2.75) is 44.9 Å². The summed E-state index contributed by atoms with van der Waals surface area (Å²) in [6.07, 6.45) is 10.8. The number of nitrogens with one attached hydrogen (secondary N) is 3. The molecule has 2 rings (SSSR count). The van der Waals surface area contributed by atoms with E-state index in [1.807, 2.05) is 0 Å². The highest BCUT2D eigenvalue weighted by molar-refractivity contribution is 5.81. The summed E-state index contributed by atoms with van der Waals surface area (Å²) in [7, 11) is 1.78. The van der Waals surface area contributed by atoms with Crippen LogP contribution in [0.4, 0.5) is 0 Å². The van der Waals surface area contributed by atoms with E-state index in [1.54, 1.807) is 12.6 Å². The normalized spacial score (nSPS) is 18.9. The number of rotatable bonds is 7. The largest absolute Gasteiger partial charge is 0.356 e. The second-order valence-corrected chi connectivity index (χ2v) is 5.85. The van der Waals surface area contributed by atoms with E-state index >= 15 is 0 Å². The summed E-state index contributed by atoms with van der Waals surface area (Å²) in [5, 5.41) is 9.49. The molecule has 0 aromatic rings. The van der Waals surface area contributed by atoms with Crippen LogP contribution in [0.2, 0.25) is 0 Å². The molecule has 5 heteroatoms. The lowest BCUT2D eigenvalue weighted by atomic mass is 9.97. The average Bonchev–Trinajstić information content (AvgIpc) is 3.35. The quantitative estimate of drug-likeness (QED) is 0.289. The molecule has 0 saturated heterocycles. The van der Waals surface area contributed by atoms with E-state index in [4.69, 9.17) is 0 Å². The highest BCUT2D eigenvalue weighted by Gasteiger charge is 2.28. The molecule has 2 aliphatic carbocycles. The molecular formula is C16H28N4O. The molecule has 21 heavy (non-hydrogen) atoms. The van der Waals surface area contributed by atoms with Crippen LogP contribution < -0.4 is 16.0 Å². The summed E-state index contributed by atoms with van der Waals surface area (Å²) in [4.78, 5) is 15.7. The van der Waals surface area contributed by atoms with E-state index < -0.39 is 0 Å². The van der Waals surface area contributed by atoms with Gasteiger partial charge in [-0.05, 0) is 44.9 Å². The second-order valence-electron chi connectivity index (χ2n) is 5.85. The molecule has 0 aromatic heterocycles. The van der Waals surface area contributed by atoms with Crippen molar-refractivity contribution in [1.82, 2.24) is 16.0 Å². The van der Waals surface area contributed by atoms with Crippen molar-refractivity contribution in [2.24, 2.45) is 10.9 Å². The molecule has 1 saturated carbocycles. The molecule has 0 radical (unpaired) electrons. The van der Waals surface area contributed by atoms with Crippen LogP contribution in [0.5, 0.6) is 0 Å². The van der Waals surface area contributed by atoms with Gasteiger partial charge in [-0.25, -0.2) is 0 Å². The van der Waals surface area contributed by atoms with Crippen molar-refractivity contribution < 1.29 is 4.79 Å². The summed E-state index contributed by atoms with van der Waals surface area (Å²) in [6, 6.07) is 0. The van der Waals surface area contributed by atoms with E-state index in [2.05, 4.69) is 27.0 Å². The molecule has 0 bridgehead atoms. The molecule has 0 aromatic carbocycles. The van der Waals surface area contributed by atoms with E-state index in [9.17, 15) is 4.79 Å². The Bertz CT molecular complexity index is 399. The van der Waals surface area contributed by atoms with Gasteiger partial charge in [-0.2, -0.15) is 0 Å². The lowest BCUT2D eigenvalue weighted by molar-refractivity contribution is -0.122. The van der Waals surface area contributed by atoms with Gasteiger partial charge in [0.05, 0.1) is 0 Å². The topological polar surface area (TPSA) is 65.5 Å². The van der Waals surface area contributed by atoms with Crippen LogP contribution in [0.25, 0.3) is 0 Å². The maximum atomic E-state index is 11.5. The van der Waals surface area contributed by atoms with Crippen LogP contribution in [0.15, 0.2) is 16.6 Å². The van der Waals surface area contributed by atoms with Gasteiger partial charge in [0.2, 0.25) is 5.91 Å². The fourth-order valence-electron chi connectivity index (χ4n) is 2.55. The number of allylic oxidation sites excluding steroid dienone is 1. The van der Waals surface area contributed by atoms with Gasteiger partial charge >= 0.3 is 0 Å². The maximum absolute atomic E-state index is 11.5. The smallest absolute Gasteiger partial charge is 0.223 e. The van der Waals surface area contributed by atoms with E-state index in [-0.39, 0.29) is 11.8 Å². The molecule has 2 aliphatic rings. The predicted molar refractivity (Wildman–Crippen MR) is 86.3 cm³/mol. The number of guanidine groups is 1. The molecule has 1 amide bonds. The first-order valence-corrected chi connectivity index (χ1v) is 8.19. The minimum absolute atomic E-state index is 0.198. The van der Waals surface area contributed by atoms with Gasteiger partial charge in [-0.3, -0.25) is 9.79 Å². The van der Waals surface area contributed by atoms with Gasteiger partial charge < -0.3 is 16.0 Å². The Morgan fingerprint density at radius 2 is 1.95 bits per heavy atom. The summed E-state index contributed by atoms with van der Waals surface area (Å²) < 4.78 is 0. The number of amides is 1. The standard InChI is InChI=1S/C16H28N4O/c1-17-16(19-10-9-13-5-3-2-4-6-13)20-12-11-18-15(21)14-7-8-14/h5,14H,2-4,6-12H2,1H3,(H,18,21)(H2,17,19,20). The zero-order valence-corrected chi connectivity index (χ0v) is 13.1. The third-order valence-electron chi connectivity index (χ3n) is 4.01. The van der Waals surface area contributed by atoms with Crippen LogP contribution in [0.1, 0.15) is 44.9 Å². The SMILES string of the molecule is CN=C(NCCNC(=O)C1CC1)NCCC1=CCCCC1. The van der Waals surface area contributed by atoms with Gasteiger partial charge in [0.25, 0.3) is 0 Å². The molecule has 5 nitrogen and oxygen atoms in total. The van der Waals surface area contributed by atoms with Crippen molar-refractivity contribution in [3.63, 3.8) is 0 Å². The van der Waals surface area contributed by atoms with Gasteiger partial charge in [0.15, 0.2) is 5.96 Å². The number of carbonyl (C=O) groups excluding carboxylic acids is 1. The number of carbonyl (C=O) groups is 1. The molecular weight excluding hydrogens is 264 g/mol. The number of nitrogens with zero attached hydrogens (tertiary/aromatic N) is 1. The Morgan fingerprint density at radius 1 is 1.19 bits per heavy atom. The van der Waals surface area contributed by atoms with E-state index in [0.29, 0.717) is 13.1 Å². The molecule has 0 unspecified atom stereocenters. The fraction of sp³-hybridized carbons (Fsp3) is 0.750. The molecule has 0 spiro atoms. The monoisotopic (exact) mass is 292 g/mol. The van der Waals surface area contributed by atoms with Crippen LogP contribution in [-0.4, -0.2) is 38.5 Å². The van der Waals surface area contributed by atoms with Crippen molar-refractivity contribution in [3.8, 4) is 0 Å². The number of hydrogen-bond donors (Lipinski definition) is 3. The van der Waals surface area contributed by atoms with Gasteiger partial charge in [0.1, 0.15) is 0 Å². The Kier molecular flexibility index (Phi) is 6.57. The lowest BCUT2D eigenvalue weighted by Gasteiger charge is -2.15. The van der Waals surface area contributed by atoms with Gasteiger partial charge in [-0.15, -0.1) is 0 Å². The van der Waals surface area contributed by atoms with Gasteiger partial charge in [-0.1, -0.05) is 11.6 Å². The highest BCUT2D eigenvalue weighted by atomic mass is 16.2. The average molecular weight is 292 g/mol. The summed E-state index contributed by atoms with van der Waals surface area (Å²) in [5.74, 6) is 1.29. The molecule has 3 N–H and O–H groups in total. The second kappa shape index (κ2) is 8.70. The van der Waals surface area contributed by atoms with Crippen molar-refractivity contribution in [2.75, 3.05) is 26.7 Å². The highest BCUT2D eigenvalue weighted by Crippen LogP contribution is 2.28. The Labute approximate surface area is 127 Å². The van der Waals surface area contributed by atoms with Crippen LogP contribution in [0.3, 0.4) is 0 Å². The Morgan fingerprint density at radius 3 is 2.62 bits per heavy atom. The van der Waals surface area contributed by atoms with Crippen molar-refractivity contribution in [1.29, 1.82) is 0 Å². The molecule has 1 fully saturated rings. The van der Waals surface area contributed by atoms with Crippen molar-refractivity contribution >= 4 is 11.9 Å². The molecule has 0 atom stereocenters. The minimum atomic E-state index is 0.198. The fourth-order valence-corrected chi connectivity index (χ4v) is 2.55. The first-order chi connectivity index (χ1) is 10.3. The van der Waals surface area contributed by atoms with E-state index in [1.165, 1.54) is 25.7 Å². The minimum Gasteiger partial charge on any atom is -0.356 e. The third kappa shape index (κ3) is 6.19. The number of aliphatic imine (C=N–C) groups is 1. The maximum Gasteiger partial charge on any atom is 0.223 e. The molecule has 0 aliphatic heterocycles. The number of hydrogen-bond acceptors (Lipinski definition) is 2. The zero-order chi connectivity index (χ0) is 14.9. The Balaban J connectivity index is 1.53. The third-order valence-corrected chi connectivity index (χ3v) is 4.01.